The van der Waals surface area contributed by atoms with Gasteiger partial charge in [-0.3, -0.25) is 14.5 Å². The predicted molar refractivity (Wildman–Crippen MR) is 117 cm³/mol. The van der Waals surface area contributed by atoms with Gasteiger partial charge in [0.15, 0.2) is 5.78 Å². The molecule has 1 heterocycles. The molecule has 1 amide bonds. The van der Waals surface area contributed by atoms with E-state index in [0.717, 1.165) is 24.4 Å². The van der Waals surface area contributed by atoms with Gasteiger partial charge in [-0.25, -0.2) is 0 Å². The van der Waals surface area contributed by atoms with E-state index in [1.807, 2.05) is 19.9 Å². The molecule has 0 aliphatic heterocycles. The van der Waals surface area contributed by atoms with Gasteiger partial charge in [-0.05, 0) is 51.6 Å². The lowest BCUT2D eigenvalue weighted by Crippen LogP contribution is -2.34. The molecule has 1 aromatic carbocycles. The van der Waals surface area contributed by atoms with Gasteiger partial charge in [0.25, 0.3) is 0 Å². The van der Waals surface area contributed by atoms with E-state index < -0.39 is 0 Å². The Morgan fingerprint density at radius 2 is 1.86 bits per heavy atom. The first-order chi connectivity index (χ1) is 13.7. The number of likely N-dealkylation sites (N-methyl/N-ethyl adjacent to an activating group) is 1. The SMILES string of the molecule is COCCCn1c(C)cc(C(=O)CN(C)CC(=O)Nc2ccc(Cl)c(Cl)c2)c1C. The Kier molecular flexibility index (Phi) is 8.71. The highest BCUT2D eigenvalue weighted by Gasteiger charge is 2.18. The van der Waals surface area contributed by atoms with Gasteiger partial charge >= 0.3 is 0 Å². The summed E-state index contributed by atoms with van der Waals surface area (Å²) in [4.78, 5) is 26.7. The quantitative estimate of drug-likeness (QED) is 0.444. The first kappa shape index (κ1) is 23.4. The van der Waals surface area contributed by atoms with Gasteiger partial charge in [0.1, 0.15) is 0 Å². The largest absolute Gasteiger partial charge is 0.385 e. The van der Waals surface area contributed by atoms with Crippen LogP contribution in [0.25, 0.3) is 0 Å². The van der Waals surface area contributed by atoms with Crippen molar-refractivity contribution >= 4 is 40.6 Å². The molecule has 1 N–H and O–H groups in total. The zero-order chi connectivity index (χ0) is 21.6. The number of nitrogens with zero attached hydrogens (tertiary/aromatic N) is 2. The van der Waals surface area contributed by atoms with Crippen LogP contribution in [0.1, 0.15) is 28.2 Å². The minimum Gasteiger partial charge on any atom is -0.385 e. The first-order valence-electron chi connectivity index (χ1n) is 9.35. The fraction of sp³-hybridized carbons (Fsp3) is 0.429. The third-order valence-electron chi connectivity index (χ3n) is 4.63. The summed E-state index contributed by atoms with van der Waals surface area (Å²) in [5.41, 5.74) is 3.24. The number of Topliss-reactive ketones (excluding diaryl/α,β-unsaturated/α-hetero) is 1. The molecule has 6 nitrogen and oxygen atoms in total. The molecular formula is C21H27Cl2N3O3. The molecule has 2 aromatic rings. The highest BCUT2D eigenvalue weighted by Crippen LogP contribution is 2.25. The number of aryl methyl sites for hydroxylation is 1. The smallest absolute Gasteiger partial charge is 0.238 e. The van der Waals surface area contributed by atoms with E-state index in [0.29, 0.717) is 27.9 Å². The molecule has 0 aliphatic carbocycles. The summed E-state index contributed by atoms with van der Waals surface area (Å²) < 4.78 is 7.23. The van der Waals surface area contributed by atoms with Crippen LogP contribution in [0.15, 0.2) is 24.3 Å². The average molecular weight is 440 g/mol. The molecule has 0 radical (unpaired) electrons. The lowest BCUT2D eigenvalue weighted by molar-refractivity contribution is -0.116. The van der Waals surface area contributed by atoms with Crippen molar-refractivity contribution in [3.8, 4) is 0 Å². The van der Waals surface area contributed by atoms with Gasteiger partial charge in [-0.2, -0.15) is 0 Å². The Labute approximate surface area is 181 Å². The van der Waals surface area contributed by atoms with Gasteiger partial charge in [0, 0.05) is 42.9 Å². The van der Waals surface area contributed by atoms with Crippen LogP contribution in [0, 0.1) is 13.8 Å². The number of hydrogen-bond donors (Lipinski definition) is 1. The minimum atomic E-state index is -0.233. The maximum absolute atomic E-state index is 12.7. The van der Waals surface area contributed by atoms with Crippen molar-refractivity contribution in [2.75, 3.05) is 39.2 Å². The zero-order valence-corrected chi connectivity index (χ0v) is 18.7. The Morgan fingerprint density at radius 3 is 2.52 bits per heavy atom. The van der Waals surface area contributed by atoms with Crippen molar-refractivity contribution in [3.05, 3.63) is 51.3 Å². The van der Waals surface area contributed by atoms with E-state index in [9.17, 15) is 9.59 Å². The van der Waals surface area contributed by atoms with E-state index >= 15 is 0 Å². The van der Waals surface area contributed by atoms with E-state index in [4.69, 9.17) is 27.9 Å². The summed E-state index contributed by atoms with van der Waals surface area (Å²) in [6.07, 6.45) is 0.884. The second-order valence-electron chi connectivity index (χ2n) is 7.06. The van der Waals surface area contributed by atoms with Crippen LogP contribution < -0.4 is 5.32 Å². The van der Waals surface area contributed by atoms with Gasteiger partial charge in [-0.1, -0.05) is 23.2 Å². The zero-order valence-electron chi connectivity index (χ0n) is 17.2. The number of benzene rings is 1. The normalized spacial score (nSPS) is 11.1. The number of carbonyl (C=O) groups is 2. The Balaban J connectivity index is 1.93. The second kappa shape index (κ2) is 10.8. The van der Waals surface area contributed by atoms with Crippen molar-refractivity contribution in [1.29, 1.82) is 0 Å². The lowest BCUT2D eigenvalue weighted by atomic mass is 10.1. The number of hydrogen-bond acceptors (Lipinski definition) is 4. The van der Waals surface area contributed by atoms with Crippen molar-refractivity contribution in [2.45, 2.75) is 26.8 Å². The molecule has 0 atom stereocenters. The summed E-state index contributed by atoms with van der Waals surface area (Å²) in [7, 11) is 3.42. The number of anilines is 1. The first-order valence-corrected chi connectivity index (χ1v) is 10.1. The highest BCUT2D eigenvalue weighted by atomic mass is 35.5. The standard InChI is InChI=1S/C21H27Cl2N3O3/c1-14-10-17(15(2)26(14)8-5-9-29-4)20(27)12-25(3)13-21(28)24-16-6-7-18(22)19(23)11-16/h6-7,10-11H,5,8-9,12-13H2,1-4H3,(H,24,28). The molecule has 0 aliphatic rings. The van der Waals surface area contributed by atoms with Crippen molar-refractivity contribution in [2.24, 2.45) is 0 Å². The highest BCUT2D eigenvalue weighted by molar-refractivity contribution is 6.42. The monoisotopic (exact) mass is 439 g/mol. The molecule has 0 saturated heterocycles. The summed E-state index contributed by atoms with van der Waals surface area (Å²) in [5, 5.41) is 3.55. The fourth-order valence-corrected chi connectivity index (χ4v) is 3.50. The number of amides is 1. The van der Waals surface area contributed by atoms with Crippen molar-refractivity contribution in [3.63, 3.8) is 0 Å². The fourth-order valence-electron chi connectivity index (χ4n) is 3.20. The predicted octanol–water partition coefficient (Wildman–Crippen LogP) is 4.20. The molecule has 0 bridgehead atoms. The van der Waals surface area contributed by atoms with E-state index in [1.165, 1.54) is 0 Å². The molecule has 8 heteroatoms. The summed E-state index contributed by atoms with van der Waals surface area (Å²) >= 11 is 11.8. The van der Waals surface area contributed by atoms with Crippen LogP contribution >= 0.6 is 23.2 Å². The minimum absolute atomic E-state index is 0.0130. The number of carbonyl (C=O) groups excluding carboxylic acids is 2. The number of halogens is 2. The van der Waals surface area contributed by atoms with Crippen LogP contribution in [0.5, 0.6) is 0 Å². The molecular weight excluding hydrogens is 413 g/mol. The maximum Gasteiger partial charge on any atom is 0.238 e. The Bertz CT molecular complexity index is 880. The number of aromatic nitrogens is 1. The maximum atomic E-state index is 12.7. The Morgan fingerprint density at radius 1 is 1.14 bits per heavy atom. The summed E-state index contributed by atoms with van der Waals surface area (Å²) in [6, 6.07) is 6.80. The third-order valence-corrected chi connectivity index (χ3v) is 5.37. The number of rotatable bonds is 10. The molecule has 0 saturated carbocycles. The molecule has 1 aromatic heterocycles. The van der Waals surface area contributed by atoms with Gasteiger partial charge < -0.3 is 14.6 Å². The molecule has 29 heavy (non-hydrogen) atoms. The van der Waals surface area contributed by atoms with Gasteiger partial charge in [0.2, 0.25) is 5.91 Å². The summed E-state index contributed by atoms with van der Waals surface area (Å²) in [6.45, 7) is 5.66. The number of nitrogens with one attached hydrogen (secondary N) is 1. The topological polar surface area (TPSA) is 63.6 Å². The number of methoxy groups -OCH3 is 1. The van der Waals surface area contributed by atoms with E-state index in [-0.39, 0.29) is 24.8 Å². The van der Waals surface area contributed by atoms with Crippen LogP contribution in [-0.4, -0.2) is 55.0 Å². The van der Waals surface area contributed by atoms with E-state index in [2.05, 4.69) is 9.88 Å². The average Bonchev–Trinajstić information content (AvgIpc) is 2.93. The Hall–Kier alpha value is -1.86. The summed E-state index contributed by atoms with van der Waals surface area (Å²) in [5.74, 6) is -0.246. The molecule has 2 rings (SSSR count). The molecule has 0 fully saturated rings. The van der Waals surface area contributed by atoms with Crippen LogP contribution in [0.3, 0.4) is 0 Å². The third kappa shape index (κ3) is 6.57. The lowest BCUT2D eigenvalue weighted by Gasteiger charge is -2.16. The van der Waals surface area contributed by atoms with Gasteiger partial charge in [0.05, 0.1) is 23.1 Å². The molecule has 0 spiro atoms. The van der Waals surface area contributed by atoms with Crippen LogP contribution in [0.2, 0.25) is 10.0 Å². The van der Waals surface area contributed by atoms with E-state index in [1.54, 1.807) is 37.3 Å². The number of ketones is 1. The molecule has 0 unspecified atom stereocenters. The molecule has 158 valence electrons. The van der Waals surface area contributed by atoms with Crippen molar-refractivity contribution in [1.82, 2.24) is 9.47 Å². The second-order valence-corrected chi connectivity index (χ2v) is 7.87. The van der Waals surface area contributed by atoms with Crippen LogP contribution in [0.4, 0.5) is 5.69 Å². The number of ether oxygens (including phenoxy) is 1. The van der Waals surface area contributed by atoms with Crippen molar-refractivity contribution < 1.29 is 14.3 Å². The van der Waals surface area contributed by atoms with Crippen LogP contribution in [-0.2, 0) is 16.1 Å². The van der Waals surface area contributed by atoms with Gasteiger partial charge in [-0.15, -0.1) is 0 Å².